The molecule has 5 heteroatoms. The van der Waals surface area contributed by atoms with E-state index in [0.29, 0.717) is 30.6 Å². The Bertz CT molecular complexity index is 473. The maximum absolute atomic E-state index is 11.8. The molecule has 90 valence electrons. The second-order valence-corrected chi connectivity index (χ2v) is 4.79. The molecule has 0 spiro atoms. The zero-order valence-corrected chi connectivity index (χ0v) is 10.7. The molecule has 0 aromatic heterocycles. The molecule has 0 unspecified atom stereocenters. The van der Waals surface area contributed by atoms with Gasteiger partial charge in [0, 0.05) is 17.6 Å². The van der Waals surface area contributed by atoms with Crippen LogP contribution in [0, 0.1) is 0 Å². The van der Waals surface area contributed by atoms with Crippen molar-refractivity contribution in [3.05, 3.63) is 28.2 Å². The van der Waals surface area contributed by atoms with Crippen LogP contribution in [0.25, 0.3) is 0 Å². The molecule has 1 aromatic carbocycles. The van der Waals surface area contributed by atoms with E-state index in [9.17, 15) is 9.59 Å². The first-order valence-corrected chi connectivity index (χ1v) is 6.21. The molecule has 2 rings (SSSR count). The molecule has 1 heterocycles. The van der Waals surface area contributed by atoms with Crippen molar-refractivity contribution in [3.63, 3.8) is 0 Å². The molecule has 1 aliphatic rings. The molecule has 0 aliphatic carbocycles. The summed E-state index contributed by atoms with van der Waals surface area (Å²) in [5.74, 6) is -0.924. The van der Waals surface area contributed by atoms with Crippen LogP contribution in [0.2, 0.25) is 0 Å². The molecular formula is C12H12BrNO3. The Kier molecular flexibility index (Phi) is 3.59. The molecule has 0 atom stereocenters. The summed E-state index contributed by atoms with van der Waals surface area (Å²) in [5.41, 5.74) is 1.12. The highest BCUT2D eigenvalue weighted by molar-refractivity contribution is 9.10. The van der Waals surface area contributed by atoms with Crippen molar-refractivity contribution in [2.45, 2.75) is 12.8 Å². The number of amides is 1. The van der Waals surface area contributed by atoms with Crippen molar-refractivity contribution in [2.24, 2.45) is 0 Å². The van der Waals surface area contributed by atoms with Crippen LogP contribution in [-0.2, 0) is 4.79 Å². The van der Waals surface area contributed by atoms with Gasteiger partial charge in [0.05, 0.1) is 11.3 Å². The highest BCUT2D eigenvalue weighted by Gasteiger charge is 2.35. The van der Waals surface area contributed by atoms with Crippen LogP contribution in [-0.4, -0.2) is 29.9 Å². The number of ketones is 1. The van der Waals surface area contributed by atoms with Gasteiger partial charge in [-0.3, -0.25) is 9.59 Å². The van der Waals surface area contributed by atoms with Gasteiger partial charge < -0.3 is 10.0 Å². The quantitative estimate of drug-likeness (QED) is 0.680. The van der Waals surface area contributed by atoms with E-state index >= 15 is 0 Å². The third-order valence-corrected chi connectivity index (χ3v) is 3.22. The van der Waals surface area contributed by atoms with Crippen molar-refractivity contribution < 1.29 is 14.7 Å². The SMILES string of the molecule is O=C1C(=O)N(CCCCO)c2cc(Br)ccc21. The monoisotopic (exact) mass is 297 g/mol. The van der Waals surface area contributed by atoms with Crippen LogP contribution < -0.4 is 4.90 Å². The van der Waals surface area contributed by atoms with Crippen molar-refractivity contribution >= 4 is 33.3 Å². The van der Waals surface area contributed by atoms with E-state index in [-0.39, 0.29) is 6.61 Å². The highest BCUT2D eigenvalue weighted by atomic mass is 79.9. The molecule has 1 N–H and O–H groups in total. The molecule has 0 radical (unpaired) electrons. The van der Waals surface area contributed by atoms with Crippen LogP contribution >= 0.6 is 15.9 Å². The lowest BCUT2D eigenvalue weighted by Crippen LogP contribution is -2.30. The van der Waals surface area contributed by atoms with E-state index in [1.165, 1.54) is 4.90 Å². The molecule has 0 saturated heterocycles. The number of carbonyl (C=O) groups excluding carboxylic acids is 2. The number of nitrogens with zero attached hydrogens (tertiary/aromatic N) is 1. The van der Waals surface area contributed by atoms with Gasteiger partial charge in [-0.05, 0) is 31.0 Å². The van der Waals surface area contributed by atoms with Crippen LogP contribution in [0.4, 0.5) is 5.69 Å². The van der Waals surface area contributed by atoms with Crippen molar-refractivity contribution in [1.82, 2.24) is 0 Å². The molecular weight excluding hydrogens is 286 g/mol. The zero-order valence-electron chi connectivity index (χ0n) is 9.15. The smallest absolute Gasteiger partial charge is 0.299 e. The summed E-state index contributed by atoms with van der Waals surface area (Å²) in [5, 5.41) is 8.72. The van der Waals surface area contributed by atoms with Crippen LogP contribution in [0.3, 0.4) is 0 Å². The Morgan fingerprint density at radius 2 is 2.00 bits per heavy atom. The molecule has 0 fully saturated rings. The number of hydrogen-bond acceptors (Lipinski definition) is 3. The Hall–Kier alpha value is -1.20. The Morgan fingerprint density at radius 1 is 1.24 bits per heavy atom. The Labute approximate surface area is 107 Å². The van der Waals surface area contributed by atoms with E-state index in [0.717, 1.165) is 4.47 Å². The van der Waals surface area contributed by atoms with Gasteiger partial charge in [-0.1, -0.05) is 15.9 Å². The van der Waals surface area contributed by atoms with Gasteiger partial charge in [0.15, 0.2) is 0 Å². The van der Waals surface area contributed by atoms with Crippen molar-refractivity contribution in [1.29, 1.82) is 0 Å². The minimum atomic E-state index is -0.476. The minimum Gasteiger partial charge on any atom is -0.396 e. The standard InChI is InChI=1S/C12H12BrNO3/c13-8-3-4-9-10(7-8)14(5-1-2-6-15)12(17)11(9)16/h3-4,7,15H,1-2,5-6H2. The molecule has 1 aliphatic heterocycles. The zero-order chi connectivity index (χ0) is 12.4. The predicted octanol–water partition coefficient (Wildman–Crippen LogP) is 1.75. The molecule has 0 saturated carbocycles. The summed E-state index contributed by atoms with van der Waals surface area (Å²) < 4.78 is 0.839. The number of aliphatic hydroxyl groups excluding tert-OH is 1. The number of carbonyl (C=O) groups is 2. The second kappa shape index (κ2) is 4.98. The fourth-order valence-electron chi connectivity index (χ4n) is 1.87. The summed E-state index contributed by atoms with van der Waals surface area (Å²) in [6.45, 7) is 0.565. The molecule has 0 bridgehead atoms. The number of benzene rings is 1. The molecule has 1 aromatic rings. The normalized spacial score (nSPS) is 14.4. The van der Waals surface area contributed by atoms with Crippen LogP contribution in [0.5, 0.6) is 0 Å². The summed E-state index contributed by atoms with van der Waals surface area (Å²) in [4.78, 5) is 24.9. The number of aliphatic hydroxyl groups is 1. The maximum Gasteiger partial charge on any atom is 0.299 e. The van der Waals surface area contributed by atoms with Crippen molar-refractivity contribution in [2.75, 3.05) is 18.1 Å². The third kappa shape index (κ3) is 2.25. The average Bonchev–Trinajstić information content (AvgIpc) is 2.54. The van der Waals surface area contributed by atoms with E-state index < -0.39 is 11.7 Å². The lowest BCUT2D eigenvalue weighted by Gasteiger charge is -2.16. The van der Waals surface area contributed by atoms with Gasteiger partial charge in [0.2, 0.25) is 0 Å². The summed E-state index contributed by atoms with van der Waals surface area (Å²) in [6, 6.07) is 5.18. The van der Waals surface area contributed by atoms with Gasteiger partial charge in [-0.2, -0.15) is 0 Å². The van der Waals surface area contributed by atoms with Gasteiger partial charge >= 0.3 is 0 Å². The topological polar surface area (TPSA) is 57.6 Å². The van der Waals surface area contributed by atoms with Gasteiger partial charge in [0.1, 0.15) is 0 Å². The average molecular weight is 298 g/mol. The molecule has 1 amide bonds. The second-order valence-electron chi connectivity index (χ2n) is 3.88. The van der Waals surface area contributed by atoms with E-state index in [2.05, 4.69) is 15.9 Å². The summed E-state index contributed by atoms with van der Waals surface area (Å²) in [7, 11) is 0. The van der Waals surface area contributed by atoms with Crippen LogP contribution in [0.15, 0.2) is 22.7 Å². The van der Waals surface area contributed by atoms with E-state index in [4.69, 9.17) is 5.11 Å². The number of hydrogen-bond donors (Lipinski definition) is 1. The van der Waals surface area contributed by atoms with E-state index in [1.807, 2.05) is 0 Å². The number of Topliss-reactive ketones (excluding diaryl/α,β-unsaturated/α-hetero) is 1. The fraction of sp³-hybridized carbons (Fsp3) is 0.333. The minimum absolute atomic E-state index is 0.0985. The Morgan fingerprint density at radius 3 is 2.71 bits per heavy atom. The predicted molar refractivity (Wildman–Crippen MR) is 67.1 cm³/mol. The van der Waals surface area contributed by atoms with Crippen molar-refractivity contribution in [3.8, 4) is 0 Å². The summed E-state index contributed by atoms with van der Waals surface area (Å²) >= 11 is 3.32. The molecule has 17 heavy (non-hydrogen) atoms. The molecule has 4 nitrogen and oxygen atoms in total. The highest BCUT2D eigenvalue weighted by Crippen LogP contribution is 2.31. The van der Waals surface area contributed by atoms with Gasteiger partial charge in [0.25, 0.3) is 11.7 Å². The lowest BCUT2D eigenvalue weighted by atomic mass is 10.1. The largest absolute Gasteiger partial charge is 0.396 e. The van der Waals surface area contributed by atoms with Crippen LogP contribution in [0.1, 0.15) is 23.2 Å². The lowest BCUT2D eigenvalue weighted by molar-refractivity contribution is -0.114. The van der Waals surface area contributed by atoms with E-state index in [1.54, 1.807) is 18.2 Å². The Balaban J connectivity index is 2.26. The number of halogens is 1. The first-order valence-electron chi connectivity index (χ1n) is 5.41. The number of anilines is 1. The number of unbranched alkanes of at least 4 members (excludes halogenated alkanes) is 1. The van der Waals surface area contributed by atoms with Gasteiger partial charge in [-0.25, -0.2) is 0 Å². The number of fused-ring (bicyclic) bond motifs is 1. The fourth-order valence-corrected chi connectivity index (χ4v) is 2.22. The summed E-state index contributed by atoms with van der Waals surface area (Å²) in [6.07, 6.45) is 1.31. The first kappa shape index (κ1) is 12.3. The maximum atomic E-state index is 11.8. The third-order valence-electron chi connectivity index (χ3n) is 2.72. The number of rotatable bonds is 4. The van der Waals surface area contributed by atoms with Gasteiger partial charge in [-0.15, -0.1) is 0 Å². The first-order chi connectivity index (χ1) is 8.15.